The van der Waals surface area contributed by atoms with Gasteiger partial charge in [0.1, 0.15) is 0 Å². The first-order chi connectivity index (χ1) is 13.8. The van der Waals surface area contributed by atoms with E-state index < -0.39 is 15.1 Å². The number of pyridine rings is 1. The highest BCUT2D eigenvalue weighted by molar-refractivity contribution is 8.01. The third-order valence-electron chi connectivity index (χ3n) is 6.50. The Kier molecular flexibility index (Phi) is 4.11. The van der Waals surface area contributed by atoms with E-state index in [0.717, 1.165) is 42.3 Å². The summed E-state index contributed by atoms with van der Waals surface area (Å²) < 4.78 is 28.1. The first-order valence-corrected chi connectivity index (χ1v) is 12.0. The van der Waals surface area contributed by atoms with Crippen LogP contribution in [0.25, 0.3) is 10.6 Å². The summed E-state index contributed by atoms with van der Waals surface area (Å²) in [5, 5.41) is 2.89. The fraction of sp³-hybridized carbons (Fsp3) is 0.500. The highest BCUT2D eigenvalue weighted by Gasteiger charge is 2.41. The molecule has 7 heteroatoms. The molecule has 3 heterocycles. The molecule has 0 amide bonds. The van der Waals surface area contributed by atoms with E-state index >= 15 is 0 Å². The molecule has 1 fully saturated rings. The van der Waals surface area contributed by atoms with E-state index in [1.54, 1.807) is 33.2 Å². The molecule has 1 N–H and O–H groups in total. The third-order valence-corrected chi connectivity index (χ3v) is 8.69. The maximum atomic E-state index is 13.3. The largest absolute Gasteiger partial charge is 0.384 e. The van der Waals surface area contributed by atoms with Gasteiger partial charge in [0.25, 0.3) is 5.56 Å². The zero-order valence-electron chi connectivity index (χ0n) is 17.1. The van der Waals surface area contributed by atoms with Gasteiger partial charge >= 0.3 is 0 Å². The van der Waals surface area contributed by atoms with E-state index in [1.807, 2.05) is 6.08 Å². The summed E-state index contributed by atoms with van der Waals surface area (Å²) in [6.07, 6.45) is 9.07. The Hall–Kier alpha value is -2.28. The molecular weight excluding hydrogens is 386 g/mol. The summed E-state index contributed by atoms with van der Waals surface area (Å²) in [7, 11) is -1.85. The summed E-state index contributed by atoms with van der Waals surface area (Å²) >= 11 is 0. The van der Waals surface area contributed by atoms with Gasteiger partial charge in [-0.25, -0.2) is 8.42 Å². The quantitative estimate of drug-likeness (QED) is 0.820. The van der Waals surface area contributed by atoms with Crippen LogP contribution in [0.2, 0.25) is 0 Å². The Morgan fingerprint density at radius 3 is 2.69 bits per heavy atom. The van der Waals surface area contributed by atoms with Gasteiger partial charge in [-0.2, -0.15) is 0 Å². The number of hydrogen-bond donors (Lipinski definition) is 1. The highest BCUT2D eigenvalue weighted by Crippen LogP contribution is 2.45. The predicted octanol–water partition coefficient (Wildman–Crippen LogP) is 2.25. The van der Waals surface area contributed by atoms with Crippen LogP contribution < -0.4 is 10.9 Å². The van der Waals surface area contributed by atoms with E-state index in [9.17, 15) is 13.2 Å². The van der Waals surface area contributed by atoms with Crippen molar-refractivity contribution in [2.24, 2.45) is 13.0 Å². The summed E-state index contributed by atoms with van der Waals surface area (Å²) in [6.45, 7) is 5.16. The highest BCUT2D eigenvalue weighted by atomic mass is 32.2. The first-order valence-electron chi connectivity index (χ1n) is 10.4. The summed E-state index contributed by atoms with van der Waals surface area (Å²) in [5.41, 5.74) is 3.66. The van der Waals surface area contributed by atoms with Crippen LogP contribution in [-0.2, 0) is 16.9 Å². The zero-order chi connectivity index (χ0) is 20.5. The molecule has 154 valence electrons. The van der Waals surface area contributed by atoms with Gasteiger partial charge in [-0.1, -0.05) is 0 Å². The minimum atomic E-state index is -3.56. The topological polar surface area (TPSA) is 71.4 Å². The van der Waals surface area contributed by atoms with Gasteiger partial charge in [0.05, 0.1) is 27.5 Å². The van der Waals surface area contributed by atoms with Crippen molar-refractivity contribution in [3.63, 3.8) is 0 Å². The Labute approximate surface area is 171 Å². The predicted molar refractivity (Wildman–Crippen MR) is 115 cm³/mol. The Morgan fingerprint density at radius 2 is 2.00 bits per heavy atom. The molecule has 1 unspecified atom stereocenters. The molecule has 2 aliphatic carbocycles. The van der Waals surface area contributed by atoms with Crippen LogP contribution in [0.15, 0.2) is 40.5 Å². The zero-order valence-corrected chi connectivity index (χ0v) is 17.9. The average Bonchev–Trinajstić information content (AvgIpc) is 3.44. The van der Waals surface area contributed by atoms with Crippen molar-refractivity contribution in [1.82, 2.24) is 14.8 Å². The number of hydrogen-bond acceptors (Lipinski definition) is 5. The van der Waals surface area contributed by atoms with E-state index in [-0.39, 0.29) is 16.5 Å². The number of aryl methyl sites for hydroxylation is 1. The Balaban J connectivity index is 1.80. The minimum Gasteiger partial charge on any atom is -0.384 e. The lowest BCUT2D eigenvalue weighted by Gasteiger charge is -2.32. The molecule has 4 aliphatic rings. The van der Waals surface area contributed by atoms with Crippen molar-refractivity contribution in [2.45, 2.75) is 44.4 Å². The lowest BCUT2D eigenvalue weighted by atomic mass is 9.92. The molecule has 0 aromatic carbocycles. The van der Waals surface area contributed by atoms with E-state index in [1.165, 1.54) is 17.4 Å². The van der Waals surface area contributed by atoms with E-state index in [4.69, 9.17) is 0 Å². The number of aromatic nitrogens is 1. The molecule has 5 rings (SSSR count). The number of sulfone groups is 1. The van der Waals surface area contributed by atoms with Gasteiger partial charge in [-0.05, 0) is 56.7 Å². The van der Waals surface area contributed by atoms with Crippen molar-refractivity contribution in [3.05, 3.63) is 57.2 Å². The monoisotopic (exact) mass is 413 g/mol. The molecule has 1 aromatic heterocycles. The SMILES string of the molecule is CC(C)S(=O)(=O)C1=CC2=CN(CC3CC3)C3CCNC(=C23)c2c1ccn(C)c2=O. The molecule has 1 aromatic rings. The lowest BCUT2D eigenvalue weighted by Crippen LogP contribution is -2.39. The third kappa shape index (κ3) is 2.81. The van der Waals surface area contributed by atoms with Crippen LogP contribution in [0.1, 0.15) is 44.2 Å². The molecule has 1 atom stereocenters. The maximum Gasteiger partial charge on any atom is 0.260 e. The number of fused-ring (bicyclic) bond motifs is 2. The average molecular weight is 414 g/mol. The van der Waals surface area contributed by atoms with Gasteiger partial charge < -0.3 is 14.8 Å². The maximum absolute atomic E-state index is 13.3. The summed E-state index contributed by atoms with van der Waals surface area (Å²) in [6, 6.07) is 1.97. The Bertz CT molecular complexity index is 1150. The standard InChI is InChI=1S/C22H27N3O3S/c1-13(2)29(27,28)18-10-15-12-25(11-14-4-5-14)17-6-8-23-21(19(15)17)20-16(18)7-9-24(3)22(20)26/h7,9-10,12-14,17,23H,4-6,8,11H2,1-3H3. The van der Waals surface area contributed by atoms with Crippen LogP contribution >= 0.6 is 0 Å². The first kappa shape index (κ1) is 18.7. The Morgan fingerprint density at radius 1 is 1.24 bits per heavy atom. The molecule has 0 bridgehead atoms. The van der Waals surface area contributed by atoms with E-state index in [2.05, 4.69) is 16.4 Å². The van der Waals surface area contributed by atoms with E-state index in [0.29, 0.717) is 11.1 Å². The lowest BCUT2D eigenvalue weighted by molar-refractivity contribution is 0.297. The molecule has 29 heavy (non-hydrogen) atoms. The fourth-order valence-corrected chi connectivity index (χ4v) is 5.92. The van der Waals surface area contributed by atoms with Gasteiger partial charge in [-0.15, -0.1) is 0 Å². The molecule has 6 nitrogen and oxygen atoms in total. The molecule has 0 spiro atoms. The second-order valence-electron chi connectivity index (χ2n) is 8.87. The van der Waals surface area contributed by atoms with Gasteiger partial charge in [0.15, 0.2) is 9.84 Å². The molecule has 1 saturated carbocycles. The number of rotatable bonds is 4. The van der Waals surface area contributed by atoms with Crippen molar-refractivity contribution in [1.29, 1.82) is 0 Å². The number of nitrogens with zero attached hydrogens (tertiary/aromatic N) is 2. The van der Waals surface area contributed by atoms with Crippen LogP contribution in [0.5, 0.6) is 0 Å². The second-order valence-corrected chi connectivity index (χ2v) is 11.3. The second kappa shape index (κ2) is 6.36. The van der Waals surface area contributed by atoms with Crippen molar-refractivity contribution < 1.29 is 8.42 Å². The van der Waals surface area contributed by atoms with Gasteiger partial charge in [-0.3, -0.25) is 4.79 Å². The molecule has 2 aliphatic heterocycles. The summed E-state index contributed by atoms with van der Waals surface area (Å²) in [5.74, 6) is 0.733. The smallest absolute Gasteiger partial charge is 0.260 e. The minimum absolute atomic E-state index is 0.162. The molecule has 0 radical (unpaired) electrons. The van der Waals surface area contributed by atoms with Crippen LogP contribution in [0.4, 0.5) is 0 Å². The fourth-order valence-electron chi connectivity index (χ4n) is 4.65. The van der Waals surface area contributed by atoms with Gasteiger partial charge in [0.2, 0.25) is 0 Å². The molecular formula is C22H27N3O3S. The normalized spacial score (nSPS) is 23.3. The van der Waals surface area contributed by atoms with Crippen molar-refractivity contribution in [2.75, 3.05) is 13.1 Å². The van der Waals surface area contributed by atoms with Crippen LogP contribution in [0, 0.1) is 5.92 Å². The van der Waals surface area contributed by atoms with Crippen molar-refractivity contribution in [3.8, 4) is 0 Å². The van der Waals surface area contributed by atoms with Crippen molar-refractivity contribution >= 4 is 20.4 Å². The number of nitrogens with one attached hydrogen (secondary N) is 1. The van der Waals surface area contributed by atoms with Crippen LogP contribution in [0.3, 0.4) is 0 Å². The van der Waals surface area contributed by atoms with Gasteiger partial charge in [0, 0.05) is 43.7 Å². The molecule has 0 saturated heterocycles. The van der Waals surface area contributed by atoms with Crippen LogP contribution in [-0.4, -0.2) is 42.3 Å². The summed E-state index contributed by atoms with van der Waals surface area (Å²) in [4.78, 5) is 15.8. The number of allylic oxidation sites excluding steroid dienone is 1.